The first kappa shape index (κ1) is 25.5. The van der Waals surface area contributed by atoms with Crippen molar-refractivity contribution >= 4 is 23.5 Å². The van der Waals surface area contributed by atoms with Crippen LogP contribution in [0.2, 0.25) is 5.02 Å². The molecule has 0 saturated carbocycles. The Labute approximate surface area is 189 Å². The Morgan fingerprint density at radius 2 is 1.97 bits per heavy atom. The van der Waals surface area contributed by atoms with Gasteiger partial charge in [0.05, 0.1) is 17.2 Å². The number of unbranched alkanes of at least 4 members (excludes halogenated alkanes) is 2. The summed E-state index contributed by atoms with van der Waals surface area (Å²) in [5.74, 6) is -3.76. The first-order valence-electron chi connectivity index (χ1n) is 10.00. The summed E-state index contributed by atoms with van der Waals surface area (Å²) < 4.78 is 35.3. The van der Waals surface area contributed by atoms with Crippen LogP contribution in [-0.2, 0) is 24.4 Å². The van der Waals surface area contributed by atoms with Crippen LogP contribution < -0.4 is 5.76 Å². The van der Waals surface area contributed by atoms with E-state index in [9.17, 15) is 18.8 Å². The molecule has 0 saturated heterocycles. The lowest BCUT2D eigenvalue weighted by molar-refractivity contribution is -0.179. The van der Waals surface area contributed by atoms with Crippen molar-refractivity contribution in [1.82, 2.24) is 9.78 Å². The molecule has 0 aliphatic heterocycles. The molecule has 32 heavy (non-hydrogen) atoms. The van der Waals surface area contributed by atoms with Crippen molar-refractivity contribution < 1.29 is 32.6 Å². The number of nitrogens with zero attached hydrogens (tertiary/aromatic N) is 2. The number of hydrogen-bond donors (Lipinski definition) is 0. The molecule has 1 aromatic heterocycles. The zero-order chi connectivity index (χ0) is 24.1. The van der Waals surface area contributed by atoms with Gasteiger partial charge in [-0.05, 0) is 18.6 Å². The van der Waals surface area contributed by atoms with E-state index in [1.54, 1.807) is 20.8 Å². The Morgan fingerprint density at radius 3 is 2.53 bits per heavy atom. The highest BCUT2D eigenvalue weighted by atomic mass is 35.5. The van der Waals surface area contributed by atoms with Crippen LogP contribution in [0.5, 0.6) is 0 Å². The van der Waals surface area contributed by atoms with Crippen LogP contribution >= 0.6 is 11.6 Å². The summed E-state index contributed by atoms with van der Waals surface area (Å²) in [5.41, 5.74) is -1.30. The molecule has 0 amide bonds. The third-order valence-corrected chi connectivity index (χ3v) is 4.60. The maximum absolute atomic E-state index is 14.5. The van der Waals surface area contributed by atoms with E-state index in [0.29, 0.717) is 11.1 Å². The highest BCUT2D eigenvalue weighted by Gasteiger charge is 2.28. The molecule has 0 aliphatic rings. The highest BCUT2D eigenvalue weighted by molar-refractivity contribution is 6.33. The van der Waals surface area contributed by atoms with Crippen LogP contribution in [0.3, 0.4) is 0 Å². The van der Waals surface area contributed by atoms with Gasteiger partial charge in [-0.15, -0.1) is 5.10 Å². The van der Waals surface area contributed by atoms with Gasteiger partial charge in [-0.2, -0.15) is 4.68 Å². The number of esters is 2. The standard InChI is InChI=1S/C21H26ClFN2O7/c1-6-7-8-9-30-17(27)18(29-5)31-16(26)12-10-15(14(23)11-13(12)22)25-20(28)32-19(24-25)21(2,3)4/h10-11,18H,6-9H2,1-5H3. The number of halogens is 2. The minimum Gasteiger partial charge on any atom is -0.461 e. The third kappa shape index (κ3) is 6.17. The summed E-state index contributed by atoms with van der Waals surface area (Å²) in [7, 11) is 1.16. The fourth-order valence-corrected chi connectivity index (χ4v) is 2.76. The van der Waals surface area contributed by atoms with Crippen LogP contribution in [0, 0.1) is 5.82 Å². The maximum atomic E-state index is 14.5. The summed E-state index contributed by atoms with van der Waals surface area (Å²) in [6.07, 6.45) is 0.827. The van der Waals surface area contributed by atoms with Gasteiger partial charge in [0.25, 0.3) is 0 Å². The molecule has 2 aromatic rings. The quantitative estimate of drug-likeness (QED) is 0.308. The summed E-state index contributed by atoms with van der Waals surface area (Å²) in [6, 6.07) is 1.81. The van der Waals surface area contributed by atoms with Crippen LogP contribution in [0.4, 0.5) is 4.39 Å². The maximum Gasteiger partial charge on any atom is 0.442 e. The van der Waals surface area contributed by atoms with Crippen LogP contribution in [-0.4, -0.2) is 41.7 Å². The molecule has 0 N–H and O–H groups in total. The van der Waals surface area contributed by atoms with Crippen molar-refractivity contribution in [3.8, 4) is 5.69 Å². The van der Waals surface area contributed by atoms with Gasteiger partial charge in [-0.25, -0.2) is 18.8 Å². The highest BCUT2D eigenvalue weighted by Crippen LogP contribution is 2.25. The summed E-state index contributed by atoms with van der Waals surface area (Å²) in [5, 5.41) is 3.70. The van der Waals surface area contributed by atoms with Gasteiger partial charge in [0.1, 0.15) is 5.69 Å². The lowest BCUT2D eigenvalue weighted by Crippen LogP contribution is -2.31. The average molecular weight is 473 g/mol. The van der Waals surface area contributed by atoms with Gasteiger partial charge in [0.2, 0.25) is 5.89 Å². The van der Waals surface area contributed by atoms with Crippen LogP contribution in [0.25, 0.3) is 5.69 Å². The molecule has 1 atom stereocenters. The van der Waals surface area contributed by atoms with E-state index in [1.165, 1.54) is 0 Å². The summed E-state index contributed by atoms with van der Waals surface area (Å²) in [4.78, 5) is 36.9. The Kier molecular flexibility index (Phi) is 8.57. The molecule has 0 radical (unpaired) electrons. The molecular weight excluding hydrogens is 447 g/mol. The third-order valence-electron chi connectivity index (χ3n) is 4.29. The van der Waals surface area contributed by atoms with Crippen LogP contribution in [0.15, 0.2) is 21.3 Å². The van der Waals surface area contributed by atoms with E-state index in [4.69, 9.17) is 30.2 Å². The zero-order valence-corrected chi connectivity index (χ0v) is 19.3. The number of carbonyl (C=O) groups excluding carboxylic acids is 2. The number of methoxy groups -OCH3 is 1. The second-order valence-electron chi connectivity index (χ2n) is 7.97. The Morgan fingerprint density at radius 1 is 1.28 bits per heavy atom. The van der Waals surface area contributed by atoms with Crippen molar-refractivity contribution in [2.45, 2.75) is 58.7 Å². The minimum atomic E-state index is -1.64. The predicted octanol–water partition coefficient (Wildman–Crippen LogP) is 3.78. The second-order valence-corrected chi connectivity index (χ2v) is 8.37. The van der Waals surface area contributed by atoms with Crippen molar-refractivity contribution in [1.29, 1.82) is 0 Å². The van der Waals surface area contributed by atoms with E-state index < -0.39 is 35.2 Å². The van der Waals surface area contributed by atoms with E-state index in [0.717, 1.165) is 32.1 Å². The van der Waals surface area contributed by atoms with Gasteiger partial charge in [0, 0.05) is 12.5 Å². The minimum absolute atomic E-state index is 0.0752. The molecule has 2 rings (SSSR count). The Hall–Kier alpha value is -2.72. The molecule has 1 aromatic carbocycles. The molecule has 0 bridgehead atoms. The average Bonchev–Trinajstić information content (AvgIpc) is 3.11. The van der Waals surface area contributed by atoms with Crippen molar-refractivity contribution in [3.63, 3.8) is 0 Å². The molecule has 0 fully saturated rings. The number of rotatable bonds is 9. The van der Waals surface area contributed by atoms with Gasteiger partial charge >= 0.3 is 24.0 Å². The fraction of sp³-hybridized carbons (Fsp3) is 0.524. The molecule has 0 spiro atoms. The van der Waals surface area contributed by atoms with E-state index in [-0.39, 0.29) is 28.8 Å². The Balaban J connectivity index is 2.29. The Bertz CT molecular complexity index is 1030. The van der Waals surface area contributed by atoms with E-state index in [1.807, 2.05) is 6.92 Å². The topological polar surface area (TPSA) is 110 Å². The largest absolute Gasteiger partial charge is 0.461 e. The number of hydrogen-bond acceptors (Lipinski definition) is 8. The van der Waals surface area contributed by atoms with Crippen molar-refractivity contribution in [2.75, 3.05) is 13.7 Å². The normalized spacial score (nSPS) is 12.5. The summed E-state index contributed by atoms with van der Waals surface area (Å²) >= 11 is 6.00. The number of benzene rings is 1. The van der Waals surface area contributed by atoms with Gasteiger partial charge in [-0.1, -0.05) is 52.1 Å². The van der Waals surface area contributed by atoms with Crippen LogP contribution in [0.1, 0.15) is 63.2 Å². The second kappa shape index (κ2) is 10.7. The van der Waals surface area contributed by atoms with E-state index in [2.05, 4.69) is 5.10 Å². The number of carbonyl (C=O) groups is 2. The number of ether oxygens (including phenoxy) is 3. The summed E-state index contributed by atoms with van der Waals surface area (Å²) in [6.45, 7) is 7.43. The molecule has 11 heteroatoms. The molecule has 1 unspecified atom stereocenters. The first-order chi connectivity index (χ1) is 15.0. The zero-order valence-electron chi connectivity index (χ0n) is 18.6. The molecule has 176 valence electrons. The fourth-order valence-electron chi connectivity index (χ4n) is 2.54. The molecule has 1 heterocycles. The van der Waals surface area contributed by atoms with E-state index >= 15 is 0 Å². The number of aromatic nitrogens is 2. The monoisotopic (exact) mass is 472 g/mol. The van der Waals surface area contributed by atoms with Crippen molar-refractivity contribution in [3.05, 3.63) is 45.0 Å². The molecule has 9 nitrogen and oxygen atoms in total. The predicted molar refractivity (Wildman–Crippen MR) is 112 cm³/mol. The molecular formula is C21H26ClFN2O7. The first-order valence-corrected chi connectivity index (χ1v) is 10.4. The molecule has 0 aliphatic carbocycles. The van der Waals surface area contributed by atoms with Crippen molar-refractivity contribution in [2.24, 2.45) is 0 Å². The lowest BCUT2D eigenvalue weighted by Gasteiger charge is -2.16. The SMILES string of the molecule is CCCCCOC(=O)C(OC)OC(=O)c1cc(-n2nc(C(C)(C)C)oc2=O)c(F)cc1Cl. The lowest BCUT2D eigenvalue weighted by atomic mass is 9.97. The van der Waals surface area contributed by atoms with Gasteiger partial charge < -0.3 is 18.6 Å². The van der Waals surface area contributed by atoms with Gasteiger partial charge in [-0.3, -0.25) is 0 Å². The smallest absolute Gasteiger partial charge is 0.442 e. The van der Waals surface area contributed by atoms with Gasteiger partial charge in [0.15, 0.2) is 5.82 Å².